The van der Waals surface area contributed by atoms with Crippen molar-refractivity contribution >= 4 is 18.3 Å². The Bertz CT molecular complexity index is 486. The van der Waals surface area contributed by atoms with E-state index in [0.717, 1.165) is 44.5 Å². The lowest BCUT2D eigenvalue weighted by atomic mass is 9.89. The molecule has 0 aliphatic carbocycles. The Hall–Kier alpha value is -1.26. The van der Waals surface area contributed by atoms with Crippen molar-refractivity contribution in [1.82, 2.24) is 4.90 Å². The molecule has 1 aromatic rings. The van der Waals surface area contributed by atoms with E-state index < -0.39 is 0 Å². The first kappa shape index (κ1) is 19.8. The molecule has 1 heterocycles. The number of para-hydroxylation sites is 1. The number of rotatable bonds is 6. The summed E-state index contributed by atoms with van der Waals surface area (Å²) < 4.78 is 5.42. The van der Waals surface area contributed by atoms with Crippen molar-refractivity contribution in [1.29, 1.82) is 0 Å². The minimum atomic E-state index is 0. The Kier molecular flexibility index (Phi) is 8.42. The molecule has 1 aromatic carbocycles. The monoisotopic (exact) mass is 340 g/mol. The van der Waals surface area contributed by atoms with Crippen LogP contribution in [-0.2, 0) is 11.2 Å². The van der Waals surface area contributed by atoms with Crippen molar-refractivity contribution in [2.45, 2.75) is 45.1 Å². The summed E-state index contributed by atoms with van der Waals surface area (Å²) in [4.78, 5) is 14.1. The van der Waals surface area contributed by atoms with Crippen molar-refractivity contribution in [3.05, 3.63) is 29.8 Å². The van der Waals surface area contributed by atoms with Crippen molar-refractivity contribution in [3.8, 4) is 5.75 Å². The van der Waals surface area contributed by atoms with Crippen LogP contribution in [0.4, 0.5) is 0 Å². The Labute approximate surface area is 145 Å². The van der Waals surface area contributed by atoms with Gasteiger partial charge in [0.15, 0.2) is 0 Å². The smallest absolute Gasteiger partial charge is 0.222 e. The average molecular weight is 341 g/mol. The summed E-state index contributed by atoms with van der Waals surface area (Å²) in [6, 6.07) is 8.32. The van der Waals surface area contributed by atoms with Crippen LogP contribution in [0, 0.1) is 5.92 Å². The number of amides is 1. The highest BCUT2D eigenvalue weighted by atomic mass is 35.5. The van der Waals surface area contributed by atoms with Gasteiger partial charge in [-0.1, -0.05) is 18.2 Å². The fourth-order valence-electron chi connectivity index (χ4n) is 3.08. The lowest BCUT2D eigenvalue weighted by Crippen LogP contribution is -2.39. The van der Waals surface area contributed by atoms with Crippen LogP contribution in [0.15, 0.2) is 24.3 Å². The predicted octanol–water partition coefficient (Wildman–Crippen LogP) is 3.03. The van der Waals surface area contributed by atoms with Gasteiger partial charge in [0.1, 0.15) is 5.75 Å². The van der Waals surface area contributed by atoms with E-state index in [0.29, 0.717) is 12.3 Å². The van der Waals surface area contributed by atoms with Crippen molar-refractivity contribution in [2.24, 2.45) is 11.7 Å². The number of piperidine rings is 1. The zero-order valence-corrected chi connectivity index (χ0v) is 15.0. The summed E-state index contributed by atoms with van der Waals surface area (Å²) in [5, 5.41) is 0. The van der Waals surface area contributed by atoms with Crippen LogP contribution >= 0.6 is 12.4 Å². The number of ether oxygens (including phenoxy) is 1. The molecule has 1 aliphatic heterocycles. The minimum absolute atomic E-state index is 0. The molecule has 1 unspecified atom stereocenters. The number of carbonyl (C=O) groups excluding carboxylic acids is 1. The predicted molar refractivity (Wildman–Crippen MR) is 96.1 cm³/mol. The summed E-state index contributed by atoms with van der Waals surface area (Å²) in [6.45, 7) is 3.70. The number of carbonyl (C=O) groups is 1. The van der Waals surface area contributed by atoms with Crippen LogP contribution in [0.2, 0.25) is 0 Å². The van der Waals surface area contributed by atoms with Crippen LogP contribution in [0.1, 0.15) is 38.2 Å². The summed E-state index contributed by atoms with van der Waals surface area (Å²) >= 11 is 0. The van der Waals surface area contributed by atoms with Gasteiger partial charge in [0.25, 0.3) is 0 Å². The van der Waals surface area contributed by atoms with E-state index >= 15 is 0 Å². The SMILES string of the molecule is COc1ccccc1CC1CCN(C(=O)CCC(C)N)CC1.Cl. The van der Waals surface area contributed by atoms with Crippen molar-refractivity contribution in [2.75, 3.05) is 20.2 Å². The normalized spacial score (nSPS) is 16.6. The lowest BCUT2D eigenvalue weighted by molar-refractivity contribution is -0.132. The van der Waals surface area contributed by atoms with Crippen LogP contribution in [-0.4, -0.2) is 37.0 Å². The minimum Gasteiger partial charge on any atom is -0.496 e. The standard InChI is InChI=1S/C18H28N2O2.ClH/c1-14(19)7-8-18(21)20-11-9-15(10-12-20)13-16-5-3-4-6-17(16)22-2;/h3-6,14-15H,7-13,19H2,1-2H3;1H. The van der Waals surface area contributed by atoms with E-state index in [1.165, 1.54) is 5.56 Å². The summed E-state index contributed by atoms with van der Waals surface area (Å²) in [5.41, 5.74) is 6.99. The Morgan fingerprint density at radius 3 is 2.61 bits per heavy atom. The Morgan fingerprint density at radius 2 is 2.00 bits per heavy atom. The number of nitrogens with zero attached hydrogens (tertiary/aromatic N) is 1. The van der Waals surface area contributed by atoms with Gasteiger partial charge in [-0.25, -0.2) is 0 Å². The summed E-state index contributed by atoms with van der Waals surface area (Å²) in [7, 11) is 1.72. The molecule has 0 spiro atoms. The maximum Gasteiger partial charge on any atom is 0.222 e. The molecule has 1 atom stereocenters. The van der Waals surface area contributed by atoms with Gasteiger partial charge < -0.3 is 15.4 Å². The third-order valence-electron chi connectivity index (χ3n) is 4.48. The zero-order chi connectivity index (χ0) is 15.9. The topological polar surface area (TPSA) is 55.6 Å². The number of hydrogen-bond acceptors (Lipinski definition) is 3. The molecule has 1 saturated heterocycles. The van der Waals surface area contributed by atoms with Crippen LogP contribution in [0.25, 0.3) is 0 Å². The molecule has 1 aliphatic rings. The van der Waals surface area contributed by atoms with Gasteiger partial charge in [0.05, 0.1) is 7.11 Å². The molecule has 0 bridgehead atoms. The number of methoxy groups -OCH3 is 1. The van der Waals surface area contributed by atoms with E-state index in [4.69, 9.17) is 10.5 Å². The third kappa shape index (κ3) is 6.04. The molecular weight excluding hydrogens is 312 g/mol. The number of benzene rings is 1. The van der Waals surface area contributed by atoms with E-state index in [-0.39, 0.29) is 24.4 Å². The lowest BCUT2D eigenvalue weighted by Gasteiger charge is -2.32. The van der Waals surface area contributed by atoms with Crippen molar-refractivity contribution in [3.63, 3.8) is 0 Å². The van der Waals surface area contributed by atoms with E-state index in [2.05, 4.69) is 12.1 Å². The second-order valence-corrected chi connectivity index (χ2v) is 6.36. The second-order valence-electron chi connectivity index (χ2n) is 6.36. The zero-order valence-electron chi connectivity index (χ0n) is 14.2. The van der Waals surface area contributed by atoms with Gasteiger partial charge in [-0.05, 0) is 50.2 Å². The highest BCUT2D eigenvalue weighted by molar-refractivity contribution is 5.85. The number of hydrogen-bond donors (Lipinski definition) is 1. The van der Waals surface area contributed by atoms with Gasteiger partial charge in [-0.15, -0.1) is 12.4 Å². The average Bonchev–Trinajstić information content (AvgIpc) is 2.54. The Morgan fingerprint density at radius 1 is 1.35 bits per heavy atom. The van der Waals surface area contributed by atoms with Crippen LogP contribution in [0.3, 0.4) is 0 Å². The van der Waals surface area contributed by atoms with Crippen molar-refractivity contribution < 1.29 is 9.53 Å². The van der Waals surface area contributed by atoms with E-state index in [9.17, 15) is 4.79 Å². The summed E-state index contributed by atoms with van der Waals surface area (Å²) in [5.74, 6) is 1.86. The number of halogens is 1. The van der Waals surface area contributed by atoms with E-state index in [1.54, 1.807) is 7.11 Å². The first-order chi connectivity index (χ1) is 10.6. The third-order valence-corrected chi connectivity index (χ3v) is 4.48. The molecular formula is C18H29ClN2O2. The van der Waals surface area contributed by atoms with Gasteiger partial charge >= 0.3 is 0 Å². The largest absolute Gasteiger partial charge is 0.496 e. The van der Waals surface area contributed by atoms with Gasteiger partial charge in [0.2, 0.25) is 5.91 Å². The second kappa shape index (κ2) is 9.78. The first-order valence-electron chi connectivity index (χ1n) is 8.25. The van der Waals surface area contributed by atoms with E-state index in [1.807, 2.05) is 24.0 Å². The molecule has 0 radical (unpaired) electrons. The first-order valence-corrected chi connectivity index (χ1v) is 8.25. The van der Waals surface area contributed by atoms with Gasteiger partial charge in [-0.3, -0.25) is 4.79 Å². The van der Waals surface area contributed by atoms with Gasteiger partial charge in [-0.2, -0.15) is 0 Å². The number of likely N-dealkylation sites (tertiary alicyclic amines) is 1. The molecule has 130 valence electrons. The highest BCUT2D eigenvalue weighted by Crippen LogP contribution is 2.26. The van der Waals surface area contributed by atoms with Crippen LogP contribution < -0.4 is 10.5 Å². The van der Waals surface area contributed by atoms with Crippen LogP contribution in [0.5, 0.6) is 5.75 Å². The molecule has 23 heavy (non-hydrogen) atoms. The maximum absolute atomic E-state index is 12.1. The molecule has 1 amide bonds. The quantitative estimate of drug-likeness (QED) is 0.866. The molecule has 2 N–H and O–H groups in total. The molecule has 0 aromatic heterocycles. The molecule has 0 saturated carbocycles. The number of nitrogens with two attached hydrogens (primary N) is 1. The fourth-order valence-corrected chi connectivity index (χ4v) is 3.08. The Balaban J connectivity index is 0.00000264. The molecule has 4 nitrogen and oxygen atoms in total. The molecule has 2 rings (SSSR count). The fraction of sp³-hybridized carbons (Fsp3) is 0.611. The summed E-state index contributed by atoms with van der Waals surface area (Å²) in [6.07, 6.45) is 4.53. The van der Waals surface area contributed by atoms with Gasteiger partial charge in [0, 0.05) is 25.6 Å². The molecule has 1 fully saturated rings. The molecule has 5 heteroatoms. The highest BCUT2D eigenvalue weighted by Gasteiger charge is 2.23. The maximum atomic E-state index is 12.1.